The van der Waals surface area contributed by atoms with E-state index in [4.69, 9.17) is 0 Å². The zero-order chi connectivity index (χ0) is 18.0. The molecule has 1 aromatic heterocycles. The first-order valence-corrected chi connectivity index (χ1v) is 7.77. The van der Waals surface area contributed by atoms with Gasteiger partial charge in [0.05, 0.1) is 22.3 Å². The fourth-order valence-electron chi connectivity index (χ4n) is 3.15. The Morgan fingerprint density at radius 1 is 1.20 bits per heavy atom. The van der Waals surface area contributed by atoms with Crippen molar-refractivity contribution in [1.82, 2.24) is 10.3 Å². The highest BCUT2D eigenvalue weighted by Gasteiger charge is 2.31. The summed E-state index contributed by atoms with van der Waals surface area (Å²) in [5.74, 6) is -0.402. The predicted octanol–water partition coefficient (Wildman–Crippen LogP) is 3.91. The lowest BCUT2D eigenvalue weighted by Gasteiger charge is -2.29. The summed E-state index contributed by atoms with van der Waals surface area (Å²) in [6.07, 6.45) is 1.69. The van der Waals surface area contributed by atoms with Gasteiger partial charge in [0.15, 0.2) is 0 Å². The van der Waals surface area contributed by atoms with Crippen LogP contribution in [0.25, 0.3) is 5.57 Å². The molecule has 6 heteroatoms. The van der Waals surface area contributed by atoms with Crippen LogP contribution in [0.15, 0.2) is 65.6 Å². The highest BCUT2D eigenvalue weighted by Crippen LogP contribution is 2.42. The van der Waals surface area contributed by atoms with E-state index >= 15 is 0 Å². The lowest BCUT2D eigenvalue weighted by Crippen LogP contribution is -2.23. The summed E-state index contributed by atoms with van der Waals surface area (Å²) in [6.45, 7) is 3.76. The van der Waals surface area contributed by atoms with E-state index in [0.29, 0.717) is 11.1 Å². The van der Waals surface area contributed by atoms with Crippen molar-refractivity contribution in [1.29, 1.82) is 5.26 Å². The monoisotopic (exact) mass is 332 g/mol. The van der Waals surface area contributed by atoms with Crippen LogP contribution in [-0.4, -0.2) is 9.91 Å². The largest absolute Gasteiger partial charge is 0.362 e. The van der Waals surface area contributed by atoms with Gasteiger partial charge >= 0.3 is 0 Å². The quantitative estimate of drug-likeness (QED) is 0.679. The van der Waals surface area contributed by atoms with Crippen molar-refractivity contribution in [3.8, 4) is 6.07 Å². The molecule has 1 aromatic carbocycles. The zero-order valence-electron chi connectivity index (χ0n) is 13.9. The van der Waals surface area contributed by atoms with Gasteiger partial charge in [-0.3, -0.25) is 15.1 Å². The second-order valence-electron chi connectivity index (χ2n) is 5.81. The van der Waals surface area contributed by atoms with E-state index in [1.54, 1.807) is 12.3 Å². The van der Waals surface area contributed by atoms with Crippen LogP contribution in [0.1, 0.15) is 31.0 Å². The van der Waals surface area contributed by atoms with E-state index in [-0.39, 0.29) is 5.69 Å². The van der Waals surface area contributed by atoms with Gasteiger partial charge in [-0.25, -0.2) is 0 Å². The molecule has 6 nitrogen and oxygen atoms in total. The Kier molecular flexibility index (Phi) is 4.31. The summed E-state index contributed by atoms with van der Waals surface area (Å²) in [7, 11) is 0. The molecule has 1 atom stereocenters. The molecular formula is C19H16N4O2. The molecule has 0 saturated heterocycles. The van der Waals surface area contributed by atoms with Crippen LogP contribution < -0.4 is 5.32 Å². The summed E-state index contributed by atoms with van der Waals surface area (Å²) in [5.41, 5.74) is 4.46. The number of nitro benzene ring substituents is 1. The molecule has 1 aliphatic rings. The molecule has 0 amide bonds. The minimum atomic E-state index is -0.426. The van der Waals surface area contributed by atoms with Crippen LogP contribution in [0.2, 0.25) is 0 Å². The first-order valence-electron chi connectivity index (χ1n) is 7.77. The standard InChI is InChI=1S/C19H16N4O2/c1-12-16(11-20)19(14-6-5-7-15(10-14)23(24)25)18(13(2)22-12)17-8-3-4-9-21-17/h3-10,19,22H,1-2H3. The molecule has 0 spiro atoms. The SMILES string of the molecule is CC1=C(C#N)C(c2cccc([N+](=O)[O-])c2)C(c2ccccn2)=C(C)N1. The third-order valence-corrected chi connectivity index (χ3v) is 4.24. The maximum atomic E-state index is 11.2. The molecule has 1 N–H and O–H groups in total. The van der Waals surface area contributed by atoms with E-state index < -0.39 is 10.8 Å². The topological polar surface area (TPSA) is 91.8 Å². The normalized spacial score (nSPS) is 17.1. The second kappa shape index (κ2) is 6.57. The van der Waals surface area contributed by atoms with E-state index in [1.165, 1.54) is 12.1 Å². The van der Waals surface area contributed by atoms with Crippen molar-refractivity contribution in [2.45, 2.75) is 19.8 Å². The van der Waals surface area contributed by atoms with Gasteiger partial charge in [0, 0.05) is 41.2 Å². The van der Waals surface area contributed by atoms with Crippen molar-refractivity contribution < 1.29 is 4.92 Å². The zero-order valence-corrected chi connectivity index (χ0v) is 13.9. The highest BCUT2D eigenvalue weighted by atomic mass is 16.6. The predicted molar refractivity (Wildman–Crippen MR) is 94.1 cm³/mol. The number of nitrogens with one attached hydrogen (secondary N) is 1. The number of pyridine rings is 1. The Bertz CT molecular complexity index is 939. The number of nitriles is 1. The molecule has 1 aliphatic heterocycles. The van der Waals surface area contributed by atoms with Gasteiger partial charge in [0.25, 0.3) is 5.69 Å². The fraction of sp³-hybridized carbons (Fsp3) is 0.158. The first kappa shape index (κ1) is 16.4. The molecule has 0 bridgehead atoms. The fourth-order valence-corrected chi connectivity index (χ4v) is 3.15. The molecule has 0 saturated carbocycles. The van der Waals surface area contributed by atoms with Crippen LogP contribution in [0, 0.1) is 21.4 Å². The van der Waals surface area contributed by atoms with Gasteiger partial charge < -0.3 is 5.32 Å². The van der Waals surface area contributed by atoms with Crippen molar-refractivity contribution in [2.24, 2.45) is 0 Å². The van der Waals surface area contributed by atoms with Crippen molar-refractivity contribution in [3.63, 3.8) is 0 Å². The van der Waals surface area contributed by atoms with Gasteiger partial charge in [0.2, 0.25) is 0 Å². The number of benzene rings is 1. The van der Waals surface area contributed by atoms with E-state index in [9.17, 15) is 15.4 Å². The summed E-state index contributed by atoms with van der Waals surface area (Å²) in [6, 6.07) is 14.3. The number of aromatic nitrogens is 1. The molecule has 3 rings (SSSR count). The highest BCUT2D eigenvalue weighted by molar-refractivity contribution is 5.78. The van der Waals surface area contributed by atoms with Gasteiger partial charge in [-0.2, -0.15) is 5.26 Å². The van der Waals surface area contributed by atoms with Gasteiger partial charge in [-0.05, 0) is 31.5 Å². The summed E-state index contributed by atoms with van der Waals surface area (Å²) in [4.78, 5) is 15.1. The number of rotatable bonds is 3. The molecule has 2 heterocycles. The molecule has 0 fully saturated rings. The van der Waals surface area contributed by atoms with Crippen LogP contribution >= 0.6 is 0 Å². The van der Waals surface area contributed by atoms with Crippen molar-refractivity contribution >= 4 is 11.3 Å². The maximum absolute atomic E-state index is 11.2. The second-order valence-corrected chi connectivity index (χ2v) is 5.81. The van der Waals surface area contributed by atoms with E-state index in [0.717, 1.165) is 22.7 Å². The maximum Gasteiger partial charge on any atom is 0.269 e. The van der Waals surface area contributed by atoms with Crippen LogP contribution in [0.5, 0.6) is 0 Å². The number of nitrogens with zero attached hydrogens (tertiary/aromatic N) is 3. The Labute approximate surface area is 145 Å². The summed E-state index contributed by atoms with van der Waals surface area (Å²) < 4.78 is 0. The van der Waals surface area contributed by atoms with Crippen LogP contribution in [0.4, 0.5) is 5.69 Å². The number of allylic oxidation sites excluding steroid dienone is 4. The third-order valence-electron chi connectivity index (χ3n) is 4.24. The number of non-ortho nitro benzene ring substituents is 1. The minimum absolute atomic E-state index is 0.00370. The molecule has 124 valence electrons. The smallest absolute Gasteiger partial charge is 0.269 e. The average molecular weight is 332 g/mol. The van der Waals surface area contributed by atoms with Gasteiger partial charge in [0.1, 0.15) is 0 Å². The lowest BCUT2D eigenvalue weighted by molar-refractivity contribution is -0.384. The van der Waals surface area contributed by atoms with Gasteiger partial charge in [-0.15, -0.1) is 0 Å². The summed E-state index contributed by atoms with van der Waals surface area (Å²) >= 11 is 0. The summed E-state index contributed by atoms with van der Waals surface area (Å²) in [5, 5.41) is 24.1. The number of nitro groups is 1. The lowest BCUT2D eigenvalue weighted by atomic mass is 9.79. The molecule has 0 radical (unpaired) electrons. The van der Waals surface area contributed by atoms with E-state index in [1.807, 2.05) is 38.1 Å². The number of dihydropyridines is 1. The molecular weight excluding hydrogens is 316 g/mol. The van der Waals surface area contributed by atoms with Gasteiger partial charge in [-0.1, -0.05) is 18.2 Å². The first-order chi connectivity index (χ1) is 12.0. The molecule has 2 aromatic rings. The Hall–Kier alpha value is -3.46. The van der Waals surface area contributed by atoms with Crippen molar-refractivity contribution in [3.05, 3.63) is 87.0 Å². The molecule has 0 aliphatic carbocycles. The van der Waals surface area contributed by atoms with Crippen LogP contribution in [0.3, 0.4) is 0 Å². The van der Waals surface area contributed by atoms with Crippen LogP contribution in [-0.2, 0) is 0 Å². The Morgan fingerprint density at radius 2 is 2.00 bits per heavy atom. The molecule has 25 heavy (non-hydrogen) atoms. The van der Waals surface area contributed by atoms with Crippen molar-refractivity contribution in [2.75, 3.05) is 0 Å². The minimum Gasteiger partial charge on any atom is -0.362 e. The number of hydrogen-bond donors (Lipinski definition) is 1. The average Bonchev–Trinajstić information content (AvgIpc) is 2.62. The Morgan fingerprint density at radius 3 is 2.64 bits per heavy atom. The molecule has 1 unspecified atom stereocenters. The third kappa shape index (κ3) is 3.00. The van der Waals surface area contributed by atoms with E-state index in [2.05, 4.69) is 16.4 Å². The Balaban J connectivity index is 2.23. The number of hydrogen-bond acceptors (Lipinski definition) is 5.